The van der Waals surface area contributed by atoms with Gasteiger partial charge in [0, 0.05) is 6.07 Å². The molecule has 0 heterocycles. The van der Waals surface area contributed by atoms with Crippen LogP contribution in [0.25, 0.3) is 0 Å². The molecule has 0 fully saturated rings. The van der Waals surface area contributed by atoms with Gasteiger partial charge in [0.2, 0.25) is 0 Å². The smallest absolute Gasteiger partial charge is 0.434 e. The summed E-state index contributed by atoms with van der Waals surface area (Å²) in [5.74, 6) is -1.61. The zero-order valence-corrected chi connectivity index (χ0v) is 9.06. The number of hydrogen-bond donors (Lipinski definition) is 0. The molecule has 0 N–H and O–H groups in total. The van der Waals surface area contributed by atoms with E-state index in [9.17, 15) is 26.7 Å². The Morgan fingerprint density at radius 1 is 1.28 bits per heavy atom. The molecule has 1 aromatic carbocycles. The maximum absolute atomic E-state index is 12.0. The molecule has 18 heavy (non-hydrogen) atoms. The van der Waals surface area contributed by atoms with E-state index in [1.807, 2.05) is 0 Å². The van der Waals surface area contributed by atoms with Crippen LogP contribution >= 0.6 is 11.6 Å². The largest absolute Gasteiger partial charge is 0.573 e. The summed E-state index contributed by atoms with van der Waals surface area (Å²) >= 11 is 5.05. The van der Waals surface area contributed by atoms with E-state index in [1.165, 1.54) is 0 Å². The lowest BCUT2D eigenvalue weighted by molar-refractivity contribution is -0.274. The van der Waals surface area contributed by atoms with Gasteiger partial charge in [-0.25, -0.2) is 0 Å². The van der Waals surface area contributed by atoms with Gasteiger partial charge in [-0.1, -0.05) is 0 Å². The number of hydrogen-bond acceptors (Lipinski definition) is 3. The summed E-state index contributed by atoms with van der Waals surface area (Å²) < 4.78 is 67.0. The summed E-state index contributed by atoms with van der Waals surface area (Å²) in [7, 11) is 0. The van der Waals surface area contributed by atoms with Crippen LogP contribution in [0.2, 0.25) is 0 Å². The molecule has 0 saturated heterocycles. The minimum absolute atomic E-state index is 0.494. The third-order valence-corrected chi connectivity index (χ3v) is 1.82. The monoisotopic (exact) mass is 290 g/mol. The lowest BCUT2D eigenvalue weighted by Gasteiger charge is -2.12. The Bertz CT molecular complexity index is 446. The van der Waals surface area contributed by atoms with Gasteiger partial charge < -0.3 is 9.47 Å². The summed E-state index contributed by atoms with van der Waals surface area (Å²) in [6.07, 6.45) is -4.99. The standard InChI is InChI=1S/C9H4ClF5O3/c10-7(16)5-2-1-4(18-9(13,14)15)3-6(5)17-8(11)12/h1-3,8H. The zero-order valence-electron chi connectivity index (χ0n) is 8.30. The Labute approximate surface area is 102 Å². The molecule has 0 aromatic heterocycles. The fraction of sp³-hybridized carbons (Fsp3) is 0.222. The fourth-order valence-electron chi connectivity index (χ4n) is 1.06. The Morgan fingerprint density at radius 3 is 2.33 bits per heavy atom. The normalized spacial score (nSPS) is 11.5. The van der Waals surface area contributed by atoms with Crippen LogP contribution in [0, 0.1) is 0 Å². The van der Waals surface area contributed by atoms with Gasteiger partial charge in [-0.2, -0.15) is 8.78 Å². The van der Waals surface area contributed by atoms with E-state index >= 15 is 0 Å². The van der Waals surface area contributed by atoms with Gasteiger partial charge in [0.1, 0.15) is 11.5 Å². The second-order valence-electron chi connectivity index (χ2n) is 2.86. The van der Waals surface area contributed by atoms with Gasteiger partial charge in [0.05, 0.1) is 5.56 Å². The van der Waals surface area contributed by atoms with E-state index in [1.54, 1.807) is 0 Å². The van der Waals surface area contributed by atoms with Crippen LogP contribution in [-0.2, 0) is 0 Å². The minimum Gasteiger partial charge on any atom is -0.434 e. The third kappa shape index (κ3) is 4.36. The number of carbonyl (C=O) groups excluding carboxylic acids is 1. The fourth-order valence-corrected chi connectivity index (χ4v) is 1.21. The summed E-state index contributed by atoms with van der Waals surface area (Å²) in [4.78, 5) is 10.8. The molecular weight excluding hydrogens is 287 g/mol. The molecule has 0 bridgehead atoms. The molecule has 3 nitrogen and oxygen atoms in total. The molecule has 0 unspecified atom stereocenters. The first kappa shape index (κ1) is 14.5. The summed E-state index contributed by atoms with van der Waals surface area (Å²) in [6, 6.07) is 2.03. The second-order valence-corrected chi connectivity index (χ2v) is 3.20. The van der Waals surface area contributed by atoms with Crippen LogP contribution in [-0.4, -0.2) is 18.2 Å². The molecule has 0 aliphatic carbocycles. The molecule has 0 radical (unpaired) electrons. The number of alkyl halides is 5. The van der Waals surface area contributed by atoms with Gasteiger partial charge in [-0.3, -0.25) is 4.79 Å². The molecular formula is C9H4ClF5O3. The number of halogens is 6. The second kappa shape index (κ2) is 5.38. The number of benzene rings is 1. The van der Waals surface area contributed by atoms with Crippen molar-refractivity contribution in [3.05, 3.63) is 23.8 Å². The first-order valence-corrected chi connectivity index (χ1v) is 4.61. The molecule has 0 aliphatic rings. The number of carbonyl (C=O) groups is 1. The Morgan fingerprint density at radius 2 is 1.89 bits per heavy atom. The quantitative estimate of drug-likeness (QED) is 0.628. The van der Waals surface area contributed by atoms with E-state index in [0.29, 0.717) is 6.07 Å². The van der Waals surface area contributed by atoms with Crippen LogP contribution in [0.3, 0.4) is 0 Å². The lowest BCUT2D eigenvalue weighted by atomic mass is 10.2. The average molecular weight is 291 g/mol. The summed E-state index contributed by atoms with van der Waals surface area (Å²) in [5, 5.41) is -1.15. The molecule has 9 heteroatoms. The average Bonchev–Trinajstić information content (AvgIpc) is 2.13. The molecule has 0 atom stereocenters. The maximum atomic E-state index is 12.0. The Hall–Kier alpha value is -1.57. The molecule has 0 spiro atoms. The Balaban J connectivity index is 3.09. The lowest BCUT2D eigenvalue weighted by Crippen LogP contribution is -2.17. The molecule has 1 aromatic rings. The maximum Gasteiger partial charge on any atom is 0.573 e. The highest BCUT2D eigenvalue weighted by molar-refractivity contribution is 6.68. The SMILES string of the molecule is O=C(Cl)c1ccc(OC(F)(F)F)cc1OC(F)F. The molecule has 0 aliphatic heterocycles. The zero-order chi connectivity index (χ0) is 13.9. The third-order valence-electron chi connectivity index (χ3n) is 1.61. The predicted octanol–water partition coefficient (Wildman–Crippen LogP) is 3.57. The van der Waals surface area contributed by atoms with Crippen LogP contribution in [0.5, 0.6) is 11.5 Å². The van der Waals surface area contributed by atoms with Gasteiger partial charge in [-0.05, 0) is 23.7 Å². The minimum atomic E-state index is -4.99. The molecule has 0 amide bonds. The molecule has 1 rings (SSSR count). The van der Waals surface area contributed by atoms with Crippen molar-refractivity contribution in [3.63, 3.8) is 0 Å². The number of rotatable bonds is 4. The van der Waals surface area contributed by atoms with Crippen molar-refractivity contribution in [3.8, 4) is 11.5 Å². The van der Waals surface area contributed by atoms with E-state index in [2.05, 4.69) is 9.47 Å². The van der Waals surface area contributed by atoms with Crippen molar-refractivity contribution in [1.29, 1.82) is 0 Å². The van der Waals surface area contributed by atoms with Gasteiger partial charge in [0.25, 0.3) is 5.24 Å². The van der Waals surface area contributed by atoms with Gasteiger partial charge in [0.15, 0.2) is 0 Å². The first-order valence-electron chi connectivity index (χ1n) is 4.23. The first-order chi connectivity index (χ1) is 8.19. The van der Waals surface area contributed by atoms with Crippen LogP contribution < -0.4 is 9.47 Å². The highest BCUT2D eigenvalue weighted by atomic mass is 35.5. The van der Waals surface area contributed by atoms with Crippen molar-refractivity contribution < 1.29 is 36.2 Å². The van der Waals surface area contributed by atoms with Crippen LogP contribution in [0.4, 0.5) is 22.0 Å². The van der Waals surface area contributed by atoms with E-state index in [0.717, 1.165) is 12.1 Å². The van der Waals surface area contributed by atoms with Crippen molar-refractivity contribution in [1.82, 2.24) is 0 Å². The topological polar surface area (TPSA) is 35.5 Å². The van der Waals surface area contributed by atoms with E-state index < -0.39 is 35.3 Å². The van der Waals surface area contributed by atoms with E-state index in [-0.39, 0.29) is 0 Å². The van der Waals surface area contributed by atoms with Crippen LogP contribution in [0.1, 0.15) is 10.4 Å². The highest BCUT2D eigenvalue weighted by Gasteiger charge is 2.31. The van der Waals surface area contributed by atoms with Gasteiger partial charge >= 0.3 is 13.0 Å². The van der Waals surface area contributed by atoms with Crippen molar-refractivity contribution in [2.45, 2.75) is 13.0 Å². The highest BCUT2D eigenvalue weighted by Crippen LogP contribution is 2.30. The number of ether oxygens (including phenoxy) is 2. The van der Waals surface area contributed by atoms with Gasteiger partial charge in [-0.15, -0.1) is 13.2 Å². The van der Waals surface area contributed by atoms with Crippen molar-refractivity contribution in [2.75, 3.05) is 0 Å². The molecule has 100 valence electrons. The van der Waals surface area contributed by atoms with Crippen molar-refractivity contribution >= 4 is 16.8 Å². The Kier molecular flexibility index (Phi) is 4.33. The summed E-state index contributed by atoms with van der Waals surface area (Å²) in [6.45, 7) is -3.32. The summed E-state index contributed by atoms with van der Waals surface area (Å²) in [5.41, 5.74) is -0.494. The van der Waals surface area contributed by atoms with E-state index in [4.69, 9.17) is 11.6 Å². The van der Waals surface area contributed by atoms with Crippen molar-refractivity contribution in [2.24, 2.45) is 0 Å². The molecule has 0 saturated carbocycles. The van der Waals surface area contributed by atoms with Crippen LogP contribution in [0.15, 0.2) is 18.2 Å². The predicted molar refractivity (Wildman–Crippen MR) is 49.9 cm³/mol.